The molecule has 0 atom stereocenters. The van der Waals surface area contributed by atoms with E-state index in [0.717, 1.165) is 11.4 Å². The van der Waals surface area contributed by atoms with Gasteiger partial charge >= 0.3 is 16.5 Å². The van der Waals surface area contributed by atoms with Crippen LogP contribution in [-0.2, 0) is 41.7 Å². The van der Waals surface area contributed by atoms with Crippen LogP contribution in [0, 0.1) is 0 Å². The van der Waals surface area contributed by atoms with Gasteiger partial charge in [-0.15, -0.1) is 0 Å². The van der Waals surface area contributed by atoms with Crippen LogP contribution in [0.25, 0.3) is 0 Å². The van der Waals surface area contributed by atoms with E-state index in [2.05, 4.69) is 0 Å². The van der Waals surface area contributed by atoms with Crippen LogP contribution >= 0.6 is 24.4 Å². The van der Waals surface area contributed by atoms with Gasteiger partial charge in [0.1, 0.15) is 0 Å². The summed E-state index contributed by atoms with van der Waals surface area (Å²) in [7, 11) is 3.73. The molecule has 0 radical (unpaired) electrons. The van der Waals surface area contributed by atoms with Crippen molar-refractivity contribution < 1.29 is 16.5 Å². The molecule has 0 spiro atoms. The molecule has 7 heteroatoms. The average Bonchev–Trinajstić information content (AvgIpc) is 2.55. The zero-order valence-corrected chi connectivity index (χ0v) is 16.9. The van der Waals surface area contributed by atoms with Gasteiger partial charge in [0.05, 0.1) is 0 Å². The second-order valence-corrected chi connectivity index (χ2v) is 6.38. The number of benzene rings is 2. The Labute approximate surface area is 170 Å². The molecule has 0 amide bonds. The number of hydrogen-bond donors (Lipinski definition) is 0. The minimum Gasteiger partial charge on any atom is -0.411 e. The van der Waals surface area contributed by atoms with E-state index in [1.54, 1.807) is 9.80 Å². The van der Waals surface area contributed by atoms with Crippen molar-refractivity contribution in [3.8, 4) is 0 Å². The third-order valence-corrected chi connectivity index (χ3v) is 3.93. The zero-order chi connectivity index (χ0) is 16.5. The summed E-state index contributed by atoms with van der Waals surface area (Å²) < 4.78 is 0.937. The smallest absolute Gasteiger partial charge is 0.411 e. The van der Waals surface area contributed by atoms with E-state index >= 15 is 0 Å². The van der Waals surface area contributed by atoms with E-state index in [4.69, 9.17) is 49.7 Å². The number of rotatable bonds is 2. The molecule has 23 heavy (non-hydrogen) atoms. The van der Waals surface area contributed by atoms with Crippen molar-refractivity contribution in [2.75, 3.05) is 23.9 Å². The van der Waals surface area contributed by atoms with Crippen LogP contribution < -0.4 is 9.80 Å². The van der Waals surface area contributed by atoms with E-state index in [0.29, 0.717) is 8.64 Å². The molecule has 0 heterocycles. The minimum atomic E-state index is 0. The molecule has 124 valence electrons. The molecule has 2 aromatic rings. The summed E-state index contributed by atoms with van der Waals surface area (Å²) in [6.45, 7) is 0. The van der Waals surface area contributed by atoms with Gasteiger partial charge in [-0.05, 0) is 24.3 Å². The minimum absolute atomic E-state index is 0. The zero-order valence-electron chi connectivity index (χ0n) is 12.6. The molecule has 0 saturated carbocycles. The maximum absolute atomic E-state index is 4.84. The van der Waals surface area contributed by atoms with E-state index in [1.807, 2.05) is 74.8 Å². The van der Waals surface area contributed by atoms with Gasteiger partial charge in [-0.2, -0.15) is 0 Å². The molecule has 0 unspecified atom stereocenters. The van der Waals surface area contributed by atoms with E-state index in [-0.39, 0.29) is 16.5 Å². The second kappa shape index (κ2) is 11.7. The third kappa shape index (κ3) is 8.00. The van der Waals surface area contributed by atoms with Crippen molar-refractivity contribution in [2.24, 2.45) is 0 Å². The van der Waals surface area contributed by atoms with E-state index in [1.165, 1.54) is 0 Å². The number of anilines is 2. The van der Waals surface area contributed by atoms with Gasteiger partial charge in [0.25, 0.3) is 0 Å². The Balaban J connectivity index is 0.000000403. The molecule has 0 saturated heterocycles. The Morgan fingerprint density at radius 1 is 0.696 bits per heavy atom. The van der Waals surface area contributed by atoms with Gasteiger partial charge in [0.15, 0.2) is 0 Å². The van der Waals surface area contributed by atoms with Crippen molar-refractivity contribution in [1.29, 1.82) is 0 Å². The standard InChI is InChI=1S/2C8H9NS2.Ni/c2*1-9(8(10)11)7-5-3-2-4-6-7;/h2*2-6H,1H3,(H,10,11);/q;;+2/p-2. The number of para-hydroxylation sites is 2. The van der Waals surface area contributed by atoms with E-state index in [9.17, 15) is 0 Å². The Morgan fingerprint density at radius 3 is 1.17 bits per heavy atom. The molecule has 0 bridgehead atoms. The van der Waals surface area contributed by atoms with Crippen molar-refractivity contribution in [1.82, 2.24) is 0 Å². The number of thiocarbonyl (C=S) groups is 2. The second-order valence-electron chi connectivity index (χ2n) is 4.32. The summed E-state index contributed by atoms with van der Waals surface area (Å²) in [5, 5.41) is 0. The van der Waals surface area contributed by atoms with Crippen LogP contribution in [0.3, 0.4) is 0 Å². The SMILES string of the molecule is CN(C(=S)[S-])c1ccccc1.CN(C(=S)[S-])c1ccccc1.[Ni+2]. The summed E-state index contributed by atoms with van der Waals surface area (Å²) in [4.78, 5) is 3.59. The fraction of sp³-hybridized carbons (Fsp3) is 0.125. The first kappa shape index (κ1) is 22.2. The first-order valence-electron chi connectivity index (χ1n) is 6.43. The molecule has 2 rings (SSSR count). The van der Waals surface area contributed by atoms with Gasteiger partial charge in [-0.1, -0.05) is 45.0 Å². The molecule has 2 nitrogen and oxygen atoms in total. The first-order valence-corrected chi connectivity index (χ1v) is 8.06. The third-order valence-electron chi connectivity index (χ3n) is 2.83. The predicted octanol–water partition coefficient (Wildman–Crippen LogP) is 3.91. The van der Waals surface area contributed by atoms with Crippen LogP contribution in [0.1, 0.15) is 0 Å². The molecular formula is C16H16N2NiS4. The molecule has 0 aliphatic rings. The Bertz CT molecular complexity index is 552. The predicted molar refractivity (Wildman–Crippen MR) is 110 cm³/mol. The van der Waals surface area contributed by atoms with Crippen LogP contribution in [0.2, 0.25) is 0 Å². The fourth-order valence-electron chi connectivity index (χ4n) is 1.51. The van der Waals surface area contributed by atoms with Crippen LogP contribution in [0.15, 0.2) is 60.7 Å². The largest absolute Gasteiger partial charge is 2.00 e. The normalized spacial score (nSPS) is 8.78. The Morgan fingerprint density at radius 2 is 0.957 bits per heavy atom. The topological polar surface area (TPSA) is 6.48 Å². The summed E-state index contributed by atoms with van der Waals surface area (Å²) >= 11 is 19.4. The number of nitrogens with zero attached hydrogens (tertiary/aromatic N) is 2. The summed E-state index contributed by atoms with van der Waals surface area (Å²) in [5.74, 6) is 0. The monoisotopic (exact) mass is 422 g/mol. The van der Waals surface area contributed by atoms with Crippen molar-refractivity contribution in [2.45, 2.75) is 0 Å². The van der Waals surface area contributed by atoms with Crippen molar-refractivity contribution in [3.63, 3.8) is 0 Å². The van der Waals surface area contributed by atoms with Gasteiger partial charge in [0.2, 0.25) is 0 Å². The molecule has 2 aromatic carbocycles. The molecular weight excluding hydrogens is 407 g/mol. The van der Waals surface area contributed by atoms with E-state index < -0.39 is 0 Å². The van der Waals surface area contributed by atoms with Gasteiger partial charge in [-0.3, -0.25) is 0 Å². The Kier molecular flexibility index (Phi) is 11.2. The maximum Gasteiger partial charge on any atom is 2.00 e. The van der Waals surface area contributed by atoms with Crippen LogP contribution in [0.4, 0.5) is 11.4 Å². The summed E-state index contributed by atoms with van der Waals surface area (Å²) in [6, 6.07) is 19.6. The van der Waals surface area contributed by atoms with Crippen LogP contribution in [-0.4, -0.2) is 22.7 Å². The first-order chi connectivity index (χ1) is 10.4. The Hall–Kier alpha value is -0.846. The van der Waals surface area contributed by atoms with Crippen molar-refractivity contribution in [3.05, 3.63) is 60.7 Å². The van der Waals surface area contributed by atoms with Gasteiger partial charge in [-0.25, -0.2) is 0 Å². The molecule has 0 aliphatic heterocycles. The summed E-state index contributed by atoms with van der Waals surface area (Å²) in [6.07, 6.45) is 0. The molecule has 0 N–H and O–H groups in total. The quantitative estimate of drug-likeness (QED) is 0.408. The maximum atomic E-state index is 4.84. The average molecular weight is 423 g/mol. The fourth-order valence-corrected chi connectivity index (χ4v) is 1.94. The van der Waals surface area contributed by atoms with Gasteiger partial charge < -0.3 is 59.5 Å². The molecule has 0 aliphatic carbocycles. The van der Waals surface area contributed by atoms with Crippen LogP contribution in [0.5, 0.6) is 0 Å². The molecule has 0 aromatic heterocycles. The van der Waals surface area contributed by atoms with Gasteiger partial charge in [0, 0.05) is 25.5 Å². The number of hydrogen-bond acceptors (Lipinski definition) is 4. The summed E-state index contributed by atoms with van der Waals surface area (Å²) in [5.41, 5.74) is 2.07. The van der Waals surface area contributed by atoms with Crippen molar-refractivity contribution >= 4 is 69.7 Å². The molecule has 0 fully saturated rings.